The summed E-state index contributed by atoms with van der Waals surface area (Å²) in [4.78, 5) is 22.9. The fourth-order valence-electron chi connectivity index (χ4n) is 1.52. The molecule has 0 radical (unpaired) electrons. The molecule has 20 heavy (non-hydrogen) atoms. The zero-order valence-electron chi connectivity index (χ0n) is 11.5. The van der Waals surface area contributed by atoms with Crippen molar-refractivity contribution in [1.29, 1.82) is 0 Å². The van der Waals surface area contributed by atoms with E-state index in [0.717, 1.165) is 0 Å². The molecule has 110 valence electrons. The molecule has 2 N–H and O–H groups in total. The van der Waals surface area contributed by atoms with Crippen LogP contribution in [0.4, 0.5) is 0 Å². The average molecular weight is 281 g/mol. The Bertz CT molecular complexity index is 434. The summed E-state index contributed by atoms with van der Waals surface area (Å²) in [6, 6.07) is 8.96. The molecule has 0 aliphatic rings. The highest BCUT2D eigenvalue weighted by Gasteiger charge is 2.21. The molecule has 0 heterocycles. The molecule has 2 atom stereocenters. The number of rotatable bonds is 7. The molecular weight excluding hydrogens is 262 g/mol. The molecule has 2 unspecified atom stereocenters. The van der Waals surface area contributed by atoms with Crippen molar-refractivity contribution in [3.63, 3.8) is 0 Å². The van der Waals surface area contributed by atoms with E-state index < -0.39 is 18.2 Å². The zero-order valence-corrected chi connectivity index (χ0v) is 11.5. The Morgan fingerprint density at radius 2 is 1.95 bits per heavy atom. The summed E-state index contributed by atoms with van der Waals surface area (Å²) in [6.07, 6.45) is -1.59. The van der Waals surface area contributed by atoms with Gasteiger partial charge in [0.2, 0.25) is 0 Å². The number of amides is 1. The molecular formula is C14H19NO5. The van der Waals surface area contributed by atoms with E-state index in [0.29, 0.717) is 12.2 Å². The first-order chi connectivity index (χ1) is 9.58. The summed E-state index contributed by atoms with van der Waals surface area (Å²) in [5.74, 6) is -0.593. The van der Waals surface area contributed by atoms with Crippen LogP contribution in [0.25, 0.3) is 0 Å². The van der Waals surface area contributed by atoms with Crippen molar-refractivity contribution < 1.29 is 24.2 Å². The number of ether oxygens (including phenoxy) is 2. The van der Waals surface area contributed by atoms with Crippen molar-refractivity contribution in [3.8, 4) is 5.75 Å². The van der Waals surface area contributed by atoms with Gasteiger partial charge in [0.25, 0.3) is 5.91 Å². The lowest BCUT2D eigenvalue weighted by atomic mass is 10.2. The van der Waals surface area contributed by atoms with Gasteiger partial charge in [0.05, 0.1) is 13.7 Å². The van der Waals surface area contributed by atoms with Gasteiger partial charge in [-0.05, 0) is 18.6 Å². The molecule has 1 amide bonds. The second-order valence-corrected chi connectivity index (χ2v) is 4.11. The number of aliphatic hydroxyl groups excluding tert-OH is 1. The number of esters is 1. The largest absolute Gasteiger partial charge is 0.481 e. The maximum Gasteiger partial charge on any atom is 0.336 e. The number of carbonyl (C=O) groups is 2. The zero-order chi connectivity index (χ0) is 15.0. The standard InChI is InChI=1S/C14H19NO5/c1-3-12(20-10-7-5-4-6-8-10)13(17)15-9-11(16)14(18)19-2/h4-8,11-12,16H,3,9H2,1-2H3,(H,15,17). The number of hydrogen-bond donors (Lipinski definition) is 2. The van der Waals surface area contributed by atoms with E-state index in [4.69, 9.17) is 4.74 Å². The van der Waals surface area contributed by atoms with Crippen molar-refractivity contribution in [3.05, 3.63) is 30.3 Å². The molecule has 6 heteroatoms. The van der Waals surface area contributed by atoms with Gasteiger partial charge in [-0.25, -0.2) is 4.79 Å². The third kappa shape index (κ3) is 4.89. The number of hydrogen-bond acceptors (Lipinski definition) is 5. The highest BCUT2D eigenvalue weighted by Crippen LogP contribution is 2.12. The summed E-state index contributed by atoms with van der Waals surface area (Å²) in [7, 11) is 1.17. The van der Waals surface area contributed by atoms with Gasteiger partial charge >= 0.3 is 5.97 Å². The predicted octanol–water partition coefficient (Wildman–Crippen LogP) is 0.494. The van der Waals surface area contributed by atoms with Crippen LogP contribution in [0.1, 0.15) is 13.3 Å². The number of nitrogens with one attached hydrogen (secondary N) is 1. The first-order valence-corrected chi connectivity index (χ1v) is 6.33. The van der Waals surface area contributed by atoms with E-state index in [1.54, 1.807) is 24.3 Å². The molecule has 0 aliphatic carbocycles. The minimum atomic E-state index is -1.38. The van der Waals surface area contributed by atoms with Crippen LogP contribution in [-0.2, 0) is 14.3 Å². The maximum atomic E-state index is 11.9. The number of para-hydroxylation sites is 1. The third-order valence-corrected chi connectivity index (χ3v) is 2.63. The van der Waals surface area contributed by atoms with Crippen molar-refractivity contribution in [2.75, 3.05) is 13.7 Å². The van der Waals surface area contributed by atoms with E-state index in [1.165, 1.54) is 7.11 Å². The Morgan fingerprint density at radius 1 is 1.30 bits per heavy atom. The topological polar surface area (TPSA) is 84.9 Å². The molecule has 0 saturated carbocycles. The van der Waals surface area contributed by atoms with Crippen molar-refractivity contribution in [2.24, 2.45) is 0 Å². The second kappa shape index (κ2) is 8.16. The lowest BCUT2D eigenvalue weighted by Crippen LogP contribution is -2.43. The van der Waals surface area contributed by atoms with Crippen LogP contribution in [0.2, 0.25) is 0 Å². The minimum absolute atomic E-state index is 0.208. The predicted molar refractivity (Wildman–Crippen MR) is 72.2 cm³/mol. The van der Waals surface area contributed by atoms with Crippen LogP contribution in [-0.4, -0.2) is 42.8 Å². The van der Waals surface area contributed by atoms with E-state index in [-0.39, 0.29) is 12.5 Å². The third-order valence-electron chi connectivity index (χ3n) is 2.63. The average Bonchev–Trinajstić information content (AvgIpc) is 2.49. The Labute approximate surface area is 117 Å². The first-order valence-electron chi connectivity index (χ1n) is 6.33. The van der Waals surface area contributed by atoms with Crippen molar-refractivity contribution in [1.82, 2.24) is 5.32 Å². The van der Waals surface area contributed by atoms with E-state index in [1.807, 2.05) is 13.0 Å². The number of aliphatic hydroxyl groups is 1. The van der Waals surface area contributed by atoms with Crippen LogP contribution >= 0.6 is 0 Å². The van der Waals surface area contributed by atoms with Crippen LogP contribution in [0.5, 0.6) is 5.75 Å². The molecule has 0 fully saturated rings. The second-order valence-electron chi connectivity index (χ2n) is 4.11. The summed E-state index contributed by atoms with van der Waals surface area (Å²) in [5.41, 5.74) is 0. The lowest BCUT2D eigenvalue weighted by molar-refractivity contribution is -0.150. The molecule has 6 nitrogen and oxygen atoms in total. The molecule has 1 aromatic carbocycles. The molecule has 0 aliphatic heterocycles. The highest BCUT2D eigenvalue weighted by atomic mass is 16.5. The van der Waals surface area contributed by atoms with Crippen LogP contribution in [0, 0.1) is 0 Å². The normalized spacial score (nSPS) is 13.2. The minimum Gasteiger partial charge on any atom is -0.481 e. The van der Waals surface area contributed by atoms with Gasteiger partial charge in [0, 0.05) is 0 Å². The number of carbonyl (C=O) groups excluding carboxylic acids is 2. The highest BCUT2D eigenvalue weighted by molar-refractivity contribution is 5.82. The van der Waals surface area contributed by atoms with E-state index in [2.05, 4.69) is 10.1 Å². The van der Waals surface area contributed by atoms with E-state index in [9.17, 15) is 14.7 Å². The van der Waals surface area contributed by atoms with E-state index >= 15 is 0 Å². The van der Waals surface area contributed by atoms with Gasteiger partial charge in [-0.15, -0.1) is 0 Å². The smallest absolute Gasteiger partial charge is 0.336 e. The van der Waals surface area contributed by atoms with Gasteiger partial charge < -0.3 is 19.9 Å². The molecule has 1 aromatic rings. The van der Waals surface area contributed by atoms with Gasteiger partial charge in [0.15, 0.2) is 12.2 Å². The molecule has 0 saturated heterocycles. The molecule has 1 rings (SSSR count). The van der Waals surface area contributed by atoms with Crippen molar-refractivity contribution in [2.45, 2.75) is 25.6 Å². The monoisotopic (exact) mass is 281 g/mol. The molecule has 0 aromatic heterocycles. The molecule has 0 bridgehead atoms. The fourth-order valence-corrected chi connectivity index (χ4v) is 1.52. The van der Waals surface area contributed by atoms with Gasteiger partial charge in [0.1, 0.15) is 5.75 Å². The Balaban J connectivity index is 2.49. The Morgan fingerprint density at radius 3 is 2.50 bits per heavy atom. The van der Waals surface area contributed by atoms with Gasteiger partial charge in [-0.1, -0.05) is 25.1 Å². The van der Waals surface area contributed by atoms with Crippen LogP contribution in [0.3, 0.4) is 0 Å². The Hall–Kier alpha value is -2.08. The number of benzene rings is 1. The summed E-state index contributed by atoms with van der Waals surface area (Å²) < 4.78 is 9.89. The van der Waals surface area contributed by atoms with Crippen molar-refractivity contribution >= 4 is 11.9 Å². The SMILES string of the molecule is CCC(Oc1ccccc1)C(=O)NCC(O)C(=O)OC. The fraction of sp³-hybridized carbons (Fsp3) is 0.429. The lowest BCUT2D eigenvalue weighted by Gasteiger charge is -2.18. The van der Waals surface area contributed by atoms with Crippen LogP contribution in [0.15, 0.2) is 30.3 Å². The molecule has 0 spiro atoms. The van der Waals surface area contributed by atoms with Gasteiger partial charge in [-0.3, -0.25) is 4.79 Å². The summed E-state index contributed by atoms with van der Waals surface area (Å²) in [6.45, 7) is 1.60. The summed E-state index contributed by atoms with van der Waals surface area (Å²) in [5, 5.41) is 11.8. The quantitative estimate of drug-likeness (QED) is 0.711. The van der Waals surface area contributed by atoms with Crippen LogP contribution < -0.4 is 10.1 Å². The maximum absolute atomic E-state index is 11.9. The van der Waals surface area contributed by atoms with Gasteiger partial charge in [-0.2, -0.15) is 0 Å². The number of methoxy groups -OCH3 is 1. The first kappa shape index (κ1) is 16.0. The summed E-state index contributed by atoms with van der Waals surface area (Å²) >= 11 is 0. The Kier molecular flexibility index (Phi) is 6.52.